The van der Waals surface area contributed by atoms with Crippen LogP contribution in [-0.4, -0.2) is 24.5 Å². The third-order valence-electron chi connectivity index (χ3n) is 3.30. The highest BCUT2D eigenvalue weighted by atomic mass is 15.1. The van der Waals surface area contributed by atoms with Gasteiger partial charge in [-0.2, -0.15) is 0 Å². The molecule has 0 spiro atoms. The van der Waals surface area contributed by atoms with E-state index in [2.05, 4.69) is 62.2 Å². The van der Waals surface area contributed by atoms with Crippen LogP contribution in [0.4, 0.5) is 0 Å². The molecule has 0 saturated carbocycles. The molecule has 1 N–H and O–H groups in total. The summed E-state index contributed by atoms with van der Waals surface area (Å²) in [6, 6.07) is 9.04. The van der Waals surface area contributed by atoms with Gasteiger partial charge in [0.05, 0.1) is 0 Å². The molecule has 0 aliphatic heterocycles. The van der Waals surface area contributed by atoms with Gasteiger partial charge in [0.2, 0.25) is 0 Å². The molecule has 0 radical (unpaired) electrons. The van der Waals surface area contributed by atoms with E-state index in [9.17, 15) is 0 Å². The van der Waals surface area contributed by atoms with Gasteiger partial charge in [-0.1, -0.05) is 52.0 Å². The Bertz CT molecular complexity index is 330. The molecule has 1 rings (SSSR count). The summed E-state index contributed by atoms with van der Waals surface area (Å²) in [4.78, 5) is 2.49. The van der Waals surface area contributed by atoms with Crippen molar-refractivity contribution < 1.29 is 0 Å². The summed E-state index contributed by atoms with van der Waals surface area (Å²) >= 11 is 0. The first-order chi connectivity index (χ1) is 9.15. The first-order valence-corrected chi connectivity index (χ1v) is 7.66. The average molecular weight is 262 g/mol. The fraction of sp³-hybridized carbons (Fsp3) is 0.647. The van der Waals surface area contributed by atoms with Gasteiger partial charge >= 0.3 is 0 Å². The van der Waals surface area contributed by atoms with Crippen molar-refractivity contribution >= 4 is 0 Å². The highest BCUT2D eigenvalue weighted by Gasteiger charge is 2.02. The maximum atomic E-state index is 3.48. The Morgan fingerprint density at radius 3 is 2.21 bits per heavy atom. The largest absolute Gasteiger partial charge is 0.312 e. The summed E-state index contributed by atoms with van der Waals surface area (Å²) in [6.45, 7) is 14.4. The Morgan fingerprint density at radius 1 is 1.05 bits per heavy atom. The summed E-state index contributed by atoms with van der Waals surface area (Å²) < 4.78 is 0. The SMILES string of the molecule is CCCN(CC)Cc1ccc(CNCC(C)C)cc1. The zero-order valence-corrected chi connectivity index (χ0v) is 13.1. The lowest BCUT2D eigenvalue weighted by Gasteiger charge is -2.19. The second-order valence-electron chi connectivity index (χ2n) is 5.71. The standard InChI is InChI=1S/C17H30N2/c1-5-11-19(6-2)14-17-9-7-16(8-10-17)13-18-12-15(3)4/h7-10,15,18H,5-6,11-14H2,1-4H3. The zero-order valence-electron chi connectivity index (χ0n) is 13.1. The first kappa shape index (κ1) is 16.2. The van der Waals surface area contributed by atoms with Crippen LogP contribution in [0.15, 0.2) is 24.3 Å². The molecule has 0 aliphatic rings. The molecule has 19 heavy (non-hydrogen) atoms. The number of hydrogen-bond donors (Lipinski definition) is 1. The Balaban J connectivity index is 2.42. The van der Waals surface area contributed by atoms with Gasteiger partial charge in [0.1, 0.15) is 0 Å². The molecule has 108 valence electrons. The van der Waals surface area contributed by atoms with Gasteiger partial charge in [-0.05, 0) is 43.1 Å². The van der Waals surface area contributed by atoms with Crippen molar-refractivity contribution in [1.82, 2.24) is 10.2 Å². The Morgan fingerprint density at radius 2 is 1.68 bits per heavy atom. The molecule has 1 aromatic rings. The molecule has 0 bridgehead atoms. The molecule has 0 aliphatic carbocycles. The van der Waals surface area contributed by atoms with Gasteiger partial charge < -0.3 is 5.32 Å². The van der Waals surface area contributed by atoms with E-state index in [-0.39, 0.29) is 0 Å². The van der Waals surface area contributed by atoms with Crippen molar-refractivity contribution in [3.05, 3.63) is 35.4 Å². The van der Waals surface area contributed by atoms with Gasteiger partial charge in [0.25, 0.3) is 0 Å². The number of hydrogen-bond acceptors (Lipinski definition) is 2. The van der Waals surface area contributed by atoms with Crippen molar-refractivity contribution in [3.8, 4) is 0 Å². The minimum atomic E-state index is 0.714. The second-order valence-corrected chi connectivity index (χ2v) is 5.71. The lowest BCUT2D eigenvalue weighted by atomic mass is 10.1. The van der Waals surface area contributed by atoms with Crippen LogP contribution in [0.5, 0.6) is 0 Å². The maximum Gasteiger partial charge on any atom is 0.0233 e. The number of nitrogens with one attached hydrogen (secondary N) is 1. The highest BCUT2D eigenvalue weighted by Crippen LogP contribution is 2.08. The Kier molecular flexibility index (Phi) is 7.76. The third kappa shape index (κ3) is 6.74. The summed E-state index contributed by atoms with van der Waals surface area (Å²) in [5, 5.41) is 3.48. The monoisotopic (exact) mass is 262 g/mol. The predicted octanol–water partition coefficient (Wildman–Crippen LogP) is 3.66. The van der Waals surface area contributed by atoms with E-state index in [1.807, 2.05) is 0 Å². The van der Waals surface area contributed by atoms with Crippen LogP contribution in [0.3, 0.4) is 0 Å². The van der Waals surface area contributed by atoms with Crippen LogP contribution in [-0.2, 0) is 13.1 Å². The van der Waals surface area contributed by atoms with E-state index in [1.54, 1.807) is 0 Å². The minimum absolute atomic E-state index is 0.714. The smallest absolute Gasteiger partial charge is 0.0233 e. The Labute approximate surface area is 119 Å². The number of rotatable bonds is 9. The molecular weight excluding hydrogens is 232 g/mol. The van der Waals surface area contributed by atoms with Gasteiger partial charge in [0.15, 0.2) is 0 Å². The van der Waals surface area contributed by atoms with E-state index in [1.165, 1.54) is 24.1 Å². The number of nitrogens with zero attached hydrogens (tertiary/aromatic N) is 1. The van der Waals surface area contributed by atoms with Crippen LogP contribution in [0.25, 0.3) is 0 Å². The van der Waals surface area contributed by atoms with Gasteiger partial charge in [-0.3, -0.25) is 4.90 Å². The summed E-state index contributed by atoms with van der Waals surface area (Å²) in [7, 11) is 0. The zero-order chi connectivity index (χ0) is 14.1. The lowest BCUT2D eigenvalue weighted by Crippen LogP contribution is -2.23. The van der Waals surface area contributed by atoms with Crippen LogP contribution in [0.2, 0.25) is 0 Å². The van der Waals surface area contributed by atoms with Crippen LogP contribution < -0.4 is 5.32 Å². The molecule has 2 nitrogen and oxygen atoms in total. The molecule has 0 amide bonds. The summed E-state index contributed by atoms with van der Waals surface area (Å²) in [5.41, 5.74) is 2.80. The van der Waals surface area contributed by atoms with Gasteiger partial charge in [0, 0.05) is 13.1 Å². The molecule has 0 fully saturated rings. The quantitative estimate of drug-likeness (QED) is 0.730. The molecule has 0 aromatic heterocycles. The second kappa shape index (κ2) is 9.11. The Hall–Kier alpha value is -0.860. The fourth-order valence-corrected chi connectivity index (χ4v) is 2.19. The summed E-state index contributed by atoms with van der Waals surface area (Å²) in [6.07, 6.45) is 1.23. The fourth-order valence-electron chi connectivity index (χ4n) is 2.19. The van der Waals surface area contributed by atoms with E-state index in [0.717, 1.165) is 26.2 Å². The molecule has 0 unspecified atom stereocenters. The van der Waals surface area contributed by atoms with Crippen LogP contribution in [0, 0.1) is 5.92 Å². The van der Waals surface area contributed by atoms with Crippen molar-refractivity contribution in [1.29, 1.82) is 0 Å². The van der Waals surface area contributed by atoms with Gasteiger partial charge in [-0.15, -0.1) is 0 Å². The predicted molar refractivity (Wildman–Crippen MR) is 84.2 cm³/mol. The molecule has 0 saturated heterocycles. The van der Waals surface area contributed by atoms with Crippen LogP contribution >= 0.6 is 0 Å². The van der Waals surface area contributed by atoms with Crippen LogP contribution in [0.1, 0.15) is 45.2 Å². The first-order valence-electron chi connectivity index (χ1n) is 7.66. The summed E-state index contributed by atoms with van der Waals surface area (Å²) in [5.74, 6) is 0.714. The van der Waals surface area contributed by atoms with E-state index in [4.69, 9.17) is 0 Å². The number of benzene rings is 1. The average Bonchev–Trinajstić information content (AvgIpc) is 2.39. The van der Waals surface area contributed by atoms with Crippen molar-refractivity contribution in [2.75, 3.05) is 19.6 Å². The minimum Gasteiger partial charge on any atom is -0.312 e. The molecule has 2 heteroatoms. The molecule has 1 aromatic carbocycles. The van der Waals surface area contributed by atoms with E-state index >= 15 is 0 Å². The molecule has 0 atom stereocenters. The van der Waals surface area contributed by atoms with Crippen molar-refractivity contribution in [2.24, 2.45) is 5.92 Å². The normalized spacial score (nSPS) is 11.5. The van der Waals surface area contributed by atoms with Crippen molar-refractivity contribution in [2.45, 2.75) is 47.2 Å². The highest BCUT2D eigenvalue weighted by molar-refractivity contribution is 5.22. The van der Waals surface area contributed by atoms with E-state index < -0.39 is 0 Å². The molecule has 0 heterocycles. The molecular formula is C17H30N2. The topological polar surface area (TPSA) is 15.3 Å². The van der Waals surface area contributed by atoms with Crippen molar-refractivity contribution in [3.63, 3.8) is 0 Å². The van der Waals surface area contributed by atoms with E-state index in [0.29, 0.717) is 5.92 Å². The maximum absolute atomic E-state index is 3.48. The van der Waals surface area contributed by atoms with Gasteiger partial charge in [-0.25, -0.2) is 0 Å². The third-order valence-corrected chi connectivity index (χ3v) is 3.30. The lowest BCUT2D eigenvalue weighted by molar-refractivity contribution is 0.280.